The van der Waals surface area contributed by atoms with E-state index in [9.17, 15) is 9.18 Å². The highest BCUT2D eigenvalue weighted by molar-refractivity contribution is 5.94. The van der Waals surface area contributed by atoms with Gasteiger partial charge in [-0.2, -0.15) is 5.26 Å². The van der Waals surface area contributed by atoms with Crippen molar-refractivity contribution in [1.82, 2.24) is 4.98 Å². The van der Waals surface area contributed by atoms with Crippen LogP contribution in [0, 0.1) is 23.1 Å². The molecule has 100 valence electrons. The van der Waals surface area contributed by atoms with Crippen LogP contribution in [0.2, 0.25) is 0 Å². The Bertz CT molecular complexity index is 620. The summed E-state index contributed by atoms with van der Waals surface area (Å²) in [6, 6.07) is 10.9. The normalized spacial score (nSPS) is 11.4. The Balaban J connectivity index is 2.03. The lowest BCUT2D eigenvalue weighted by Crippen LogP contribution is -2.23. The van der Waals surface area contributed by atoms with Crippen molar-refractivity contribution in [3.8, 4) is 6.07 Å². The standard InChI is InChI=1S/C15H12FN3O/c16-13-1-3-14(4-2-13)19-15(20)12(10-17)9-11-5-7-18-8-6-11/h1-8,12H,9H2,(H,19,20)/t12-/m0/s1. The fraction of sp³-hybridized carbons (Fsp3) is 0.133. The molecule has 1 aromatic carbocycles. The zero-order chi connectivity index (χ0) is 14.4. The van der Waals surface area contributed by atoms with Gasteiger partial charge in [0.2, 0.25) is 5.91 Å². The third-order valence-corrected chi connectivity index (χ3v) is 2.77. The monoisotopic (exact) mass is 269 g/mol. The zero-order valence-electron chi connectivity index (χ0n) is 10.6. The van der Waals surface area contributed by atoms with Gasteiger partial charge in [0.25, 0.3) is 0 Å². The number of pyridine rings is 1. The predicted octanol–water partition coefficient (Wildman–Crippen LogP) is 2.54. The topological polar surface area (TPSA) is 65.8 Å². The molecule has 0 fully saturated rings. The molecule has 1 atom stereocenters. The van der Waals surface area contributed by atoms with E-state index in [2.05, 4.69) is 10.3 Å². The van der Waals surface area contributed by atoms with Crippen molar-refractivity contribution in [2.45, 2.75) is 6.42 Å². The van der Waals surface area contributed by atoms with Gasteiger partial charge >= 0.3 is 0 Å². The summed E-state index contributed by atoms with van der Waals surface area (Å²) in [5.74, 6) is -1.59. The van der Waals surface area contributed by atoms with Crippen molar-refractivity contribution in [1.29, 1.82) is 5.26 Å². The van der Waals surface area contributed by atoms with Gasteiger partial charge < -0.3 is 5.32 Å². The molecule has 4 nitrogen and oxygen atoms in total. The molecule has 1 aromatic heterocycles. The molecule has 1 amide bonds. The third kappa shape index (κ3) is 3.62. The maximum Gasteiger partial charge on any atom is 0.242 e. The smallest absolute Gasteiger partial charge is 0.242 e. The van der Waals surface area contributed by atoms with Crippen LogP contribution in [0.1, 0.15) is 5.56 Å². The number of halogens is 1. The number of nitrogens with one attached hydrogen (secondary N) is 1. The summed E-state index contributed by atoms with van der Waals surface area (Å²) in [7, 11) is 0. The van der Waals surface area contributed by atoms with E-state index in [1.165, 1.54) is 24.3 Å². The molecule has 0 saturated heterocycles. The Morgan fingerprint density at radius 1 is 1.25 bits per heavy atom. The van der Waals surface area contributed by atoms with E-state index in [0.29, 0.717) is 12.1 Å². The summed E-state index contributed by atoms with van der Waals surface area (Å²) >= 11 is 0. The number of hydrogen-bond acceptors (Lipinski definition) is 3. The lowest BCUT2D eigenvalue weighted by molar-refractivity contribution is -0.118. The molecule has 20 heavy (non-hydrogen) atoms. The van der Waals surface area contributed by atoms with Gasteiger partial charge in [0.05, 0.1) is 6.07 Å². The summed E-state index contributed by atoms with van der Waals surface area (Å²) in [5, 5.41) is 11.7. The summed E-state index contributed by atoms with van der Waals surface area (Å²) in [6.45, 7) is 0. The first-order valence-electron chi connectivity index (χ1n) is 6.04. The number of anilines is 1. The van der Waals surface area contributed by atoms with Crippen LogP contribution in [-0.4, -0.2) is 10.9 Å². The van der Waals surface area contributed by atoms with E-state index in [1.807, 2.05) is 6.07 Å². The lowest BCUT2D eigenvalue weighted by atomic mass is 10.0. The number of amides is 1. The van der Waals surface area contributed by atoms with Gasteiger partial charge in [0.1, 0.15) is 11.7 Å². The Labute approximate surface area is 115 Å². The Kier molecular flexibility index (Phi) is 4.40. The van der Waals surface area contributed by atoms with Crippen LogP contribution in [0.5, 0.6) is 0 Å². The molecule has 0 unspecified atom stereocenters. The number of hydrogen-bond donors (Lipinski definition) is 1. The third-order valence-electron chi connectivity index (χ3n) is 2.77. The largest absolute Gasteiger partial charge is 0.325 e. The molecule has 1 heterocycles. The highest BCUT2D eigenvalue weighted by atomic mass is 19.1. The first kappa shape index (κ1) is 13.7. The number of rotatable bonds is 4. The molecule has 5 heteroatoms. The van der Waals surface area contributed by atoms with E-state index in [0.717, 1.165) is 5.56 Å². The quantitative estimate of drug-likeness (QED) is 0.927. The van der Waals surface area contributed by atoms with Gasteiger partial charge in [-0.1, -0.05) is 0 Å². The van der Waals surface area contributed by atoms with E-state index in [1.54, 1.807) is 24.5 Å². The van der Waals surface area contributed by atoms with Gasteiger partial charge in [-0.3, -0.25) is 9.78 Å². The molecule has 0 aliphatic carbocycles. The van der Waals surface area contributed by atoms with Crippen molar-refractivity contribution in [2.75, 3.05) is 5.32 Å². The molecule has 0 saturated carbocycles. The van der Waals surface area contributed by atoms with Crippen LogP contribution in [-0.2, 0) is 11.2 Å². The van der Waals surface area contributed by atoms with Crippen molar-refractivity contribution in [3.05, 3.63) is 60.2 Å². The Hall–Kier alpha value is -2.74. The SMILES string of the molecule is N#C[C@H](Cc1ccncc1)C(=O)Nc1ccc(F)cc1. The lowest BCUT2D eigenvalue weighted by Gasteiger charge is -2.10. The van der Waals surface area contributed by atoms with Crippen molar-refractivity contribution in [3.63, 3.8) is 0 Å². The summed E-state index contributed by atoms with van der Waals surface area (Å²) in [5.41, 5.74) is 1.33. The van der Waals surface area contributed by atoms with Gasteiger partial charge in [-0.05, 0) is 48.4 Å². The molecule has 2 rings (SSSR count). The number of aromatic nitrogens is 1. The summed E-state index contributed by atoms with van der Waals surface area (Å²) in [4.78, 5) is 15.9. The fourth-order valence-corrected chi connectivity index (χ4v) is 1.71. The maximum absolute atomic E-state index is 12.8. The minimum atomic E-state index is -0.803. The summed E-state index contributed by atoms with van der Waals surface area (Å²) in [6.07, 6.45) is 3.54. The number of carbonyl (C=O) groups is 1. The fourth-order valence-electron chi connectivity index (χ4n) is 1.71. The number of nitriles is 1. The molecular weight excluding hydrogens is 257 g/mol. The van der Waals surface area contributed by atoms with Crippen LogP contribution in [0.15, 0.2) is 48.8 Å². The highest BCUT2D eigenvalue weighted by Gasteiger charge is 2.18. The molecule has 0 aliphatic heterocycles. The predicted molar refractivity (Wildman–Crippen MR) is 72.1 cm³/mol. The number of benzene rings is 1. The van der Waals surface area contributed by atoms with Crippen LogP contribution in [0.3, 0.4) is 0 Å². The first-order chi connectivity index (χ1) is 9.69. The second kappa shape index (κ2) is 6.43. The molecule has 0 bridgehead atoms. The highest BCUT2D eigenvalue weighted by Crippen LogP contribution is 2.13. The van der Waals surface area contributed by atoms with Crippen LogP contribution < -0.4 is 5.32 Å². The molecule has 0 radical (unpaired) electrons. The minimum Gasteiger partial charge on any atom is -0.325 e. The Morgan fingerprint density at radius 2 is 1.90 bits per heavy atom. The molecular formula is C15H12FN3O. The van der Waals surface area contributed by atoms with Crippen LogP contribution in [0.25, 0.3) is 0 Å². The van der Waals surface area contributed by atoms with Crippen molar-refractivity contribution in [2.24, 2.45) is 5.92 Å². The van der Waals surface area contributed by atoms with E-state index < -0.39 is 11.8 Å². The molecule has 0 spiro atoms. The van der Waals surface area contributed by atoms with Crippen LogP contribution >= 0.6 is 0 Å². The molecule has 1 N–H and O–H groups in total. The minimum absolute atomic E-state index is 0.312. The van der Waals surface area contributed by atoms with Gasteiger partial charge in [-0.15, -0.1) is 0 Å². The maximum atomic E-state index is 12.8. The summed E-state index contributed by atoms with van der Waals surface area (Å²) < 4.78 is 12.8. The number of nitrogens with zero attached hydrogens (tertiary/aromatic N) is 2. The van der Waals surface area contributed by atoms with Gasteiger partial charge in [0.15, 0.2) is 0 Å². The second-order valence-electron chi connectivity index (χ2n) is 4.24. The first-order valence-corrected chi connectivity index (χ1v) is 6.04. The van der Waals surface area contributed by atoms with Crippen LogP contribution in [0.4, 0.5) is 10.1 Å². The second-order valence-corrected chi connectivity index (χ2v) is 4.24. The van der Waals surface area contributed by atoms with Crippen molar-refractivity contribution < 1.29 is 9.18 Å². The zero-order valence-corrected chi connectivity index (χ0v) is 10.6. The average molecular weight is 269 g/mol. The van der Waals surface area contributed by atoms with E-state index >= 15 is 0 Å². The van der Waals surface area contributed by atoms with E-state index in [-0.39, 0.29) is 5.82 Å². The Morgan fingerprint density at radius 3 is 2.50 bits per heavy atom. The van der Waals surface area contributed by atoms with Crippen molar-refractivity contribution >= 4 is 11.6 Å². The van der Waals surface area contributed by atoms with E-state index in [4.69, 9.17) is 5.26 Å². The van der Waals surface area contributed by atoms with Gasteiger partial charge in [0, 0.05) is 18.1 Å². The number of carbonyl (C=O) groups excluding carboxylic acids is 1. The molecule has 2 aromatic rings. The average Bonchev–Trinajstić information content (AvgIpc) is 2.48. The molecule has 0 aliphatic rings. The van der Waals surface area contributed by atoms with Gasteiger partial charge in [-0.25, -0.2) is 4.39 Å².